The molecule has 24 rings (SSSR count). The second-order valence-corrected chi connectivity index (χ2v) is 32.5. The van der Waals surface area contributed by atoms with Crippen LogP contribution in [0.4, 0.5) is 17.1 Å². The number of fused-ring (bicyclic) bond motifs is 18. The molecular formula is C117H78BrN7. The van der Waals surface area contributed by atoms with Crippen molar-refractivity contribution in [1.29, 1.82) is 0 Å². The predicted octanol–water partition coefficient (Wildman–Crippen LogP) is 31.6. The van der Waals surface area contributed by atoms with Gasteiger partial charge in [-0.15, -0.1) is 0 Å². The second-order valence-electron chi connectivity index (χ2n) is 31.6. The van der Waals surface area contributed by atoms with Gasteiger partial charge in [0.2, 0.25) is 0 Å². The van der Waals surface area contributed by atoms with Crippen LogP contribution in [0.25, 0.3) is 187 Å². The highest BCUT2D eigenvalue weighted by atomic mass is 79.9. The average Bonchev–Trinajstić information content (AvgIpc) is 1.56. The van der Waals surface area contributed by atoms with Crippen LogP contribution in [0.2, 0.25) is 0 Å². The maximum Gasteiger partial charge on any atom is 0.161 e. The smallest absolute Gasteiger partial charge is 0.161 e. The van der Waals surface area contributed by atoms with Crippen molar-refractivity contribution in [2.45, 2.75) is 6.42 Å². The molecule has 125 heavy (non-hydrogen) atoms. The average molecular weight is 1660 g/mol. The van der Waals surface area contributed by atoms with Crippen LogP contribution in [0, 0.1) is 0 Å². The summed E-state index contributed by atoms with van der Waals surface area (Å²) in [5.41, 5.74) is 25.7. The summed E-state index contributed by atoms with van der Waals surface area (Å²) in [6, 6.07) is 160. The Balaban J connectivity index is 0.000000131. The largest absolute Gasteiger partial charge is 0.310 e. The van der Waals surface area contributed by atoms with Gasteiger partial charge in [-0.05, 0) is 191 Å². The fraction of sp³-hybridized carbons (Fsp3) is 0.00855. The number of aromatic nitrogens is 6. The van der Waals surface area contributed by atoms with E-state index in [4.69, 9.17) is 19.9 Å². The van der Waals surface area contributed by atoms with Gasteiger partial charge in [-0.1, -0.05) is 368 Å². The molecule has 0 aliphatic heterocycles. The monoisotopic (exact) mass is 1660 g/mol. The summed E-state index contributed by atoms with van der Waals surface area (Å²) in [5, 5.41) is 17.2. The van der Waals surface area contributed by atoms with E-state index in [1.54, 1.807) is 0 Å². The molecule has 0 unspecified atom stereocenters. The summed E-state index contributed by atoms with van der Waals surface area (Å²) in [5.74, 6) is 1.37. The van der Waals surface area contributed by atoms with E-state index in [0.717, 1.165) is 111 Å². The third-order valence-electron chi connectivity index (χ3n) is 24.2. The third-order valence-corrected chi connectivity index (χ3v) is 24.9. The fourth-order valence-electron chi connectivity index (χ4n) is 18.5. The Morgan fingerprint density at radius 2 is 0.568 bits per heavy atom. The van der Waals surface area contributed by atoms with Gasteiger partial charge in [0.25, 0.3) is 0 Å². The Hall–Kier alpha value is -16.0. The molecule has 4 heterocycles. The molecule has 0 saturated heterocycles. The molecule has 20 aromatic carbocycles. The van der Waals surface area contributed by atoms with Crippen LogP contribution < -0.4 is 4.90 Å². The molecule has 0 N–H and O–H groups in total. The minimum atomic E-state index is 0.670. The number of hydrogen-bond acceptors (Lipinski definition) is 5. The first kappa shape index (κ1) is 75.2. The van der Waals surface area contributed by atoms with Gasteiger partial charge < -0.3 is 14.0 Å². The minimum Gasteiger partial charge on any atom is -0.310 e. The van der Waals surface area contributed by atoms with E-state index in [0.29, 0.717) is 11.6 Å². The molecule has 0 saturated carbocycles. The molecule has 24 aromatic rings. The van der Waals surface area contributed by atoms with Crippen LogP contribution in [0.3, 0.4) is 0 Å². The fourth-order valence-corrected chi connectivity index (χ4v) is 18.9. The molecule has 588 valence electrons. The van der Waals surface area contributed by atoms with E-state index in [1.165, 1.54) is 103 Å². The predicted molar refractivity (Wildman–Crippen MR) is 528 cm³/mol. The first-order valence-corrected chi connectivity index (χ1v) is 43.2. The van der Waals surface area contributed by atoms with Crippen LogP contribution in [-0.2, 0) is 6.42 Å². The zero-order chi connectivity index (χ0) is 83.1. The molecule has 7 nitrogen and oxygen atoms in total. The van der Waals surface area contributed by atoms with Gasteiger partial charge in [0, 0.05) is 93.8 Å². The Kier molecular flexibility index (Phi) is 19.8. The molecule has 0 spiro atoms. The van der Waals surface area contributed by atoms with Crippen LogP contribution in [0.15, 0.2) is 466 Å². The van der Waals surface area contributed by atoms with Crippen LogP contribution in [-0.4, -0.2) is 29.1 Å². The summed E-state index contributed by atoms with van der Waals surface area (Å²) in [7, 11) is 0. The quantitative estimate of drug-likeness (QED) is 0.108. The highest BCUT2D eigenvalue weighted by Gasteiger charge is 2.26. The van der Waals surface area contributed by atoms with E-state index in [2.05, 4.69) is 442 Å². The maximum absolute atomic E-state index is 5.19. The summed E-state index contributed by atoms with van der Waals surface area (Å²) in [4.78, 5) is 22.2. The molecule has 4 aromatic heterocycles. The van der Waals surface area contributed by atoms with Gasteiger partial charge in [-0.25, -0.2) is 19.9 Å². The van der Waals surface area contributed by atoms with Gasteiger partial charge in [-0.3, -0.25) is 0 Å². The van der Waals surface area contributed by atoms with Crippen LogP contribution in [0.1, 0.15) is 11.1 Å². The second kappa shape index (κ2) is 32.9. The molecule has 0 aliphatic carbocycles. The number of halogens is 1. The minimum absolute atomic E-state index is 0.670. The number of nitrogens with zero attached hydrogens (tertiary/aromatic N) is 7. The topological polar surface area (TPSA) is 64.7 Å². The lowest BCUT2D eigenvalue weighted by Crippen LogP contribution is -2.11. The van der Waals surface area contributed by atoms with Crippen molar-refractivity contribution in [3.05, 3.63) is 477 Å². The van der Waals surface area contributed by atoms with Crippen molar-refractivity contribution >= 4 is 141 Å². The first-order chi connectivity index (χ1) is 62.0. The number of anilines is 3. The van der Waals surface area contributed by atoms with Gasteiger partial charge in [0.1, 0.15) is 0 Å². The summed E-state index contributed by atoms with van der Waals surface area (Å²) in [6.07, 6.45) is 4.87. The van der Waals surface area contributed by atoms with Crippen molar-refractivity contribution < 1.29 is 0 Å². The number of para-hydroxylation sites is 6. The highest BCUT2D eigenvalue weighted by molar-refractivity contribution is 9.10. The molecule has 0 fully saturated rings. The Bertz CT molecular complexity index is 8120. The first-order valence-electron chi connectivity index (χ1n) is 42.4. The number of rotatable bonds is 13. The van der Waals surface area contributed by atoms with Gasteiger partial charge >= 0.3 is 0 Å². The van der Waals surface area contributed by atoms with Gasteiger partial charge in [0.05, 0.1) is 38.8 Å². The molecule has 0 radical (unpaired) electrons. The van der Waals surface area contributed by atoms with E-state index in [9.17, 15) is 0 Å². The molecule has 0 atom stereocenters. The summed E-state index contributed by atoms with van der Waals surface area (Å²) >= 11 is 3.79. The molecule has 0 aliphatic rings. The van der Waals surface area contributed by atoms with Gasteiger partial charge in [0.15, 0.2) is 11.6 Å². The zero-order valence-electron chi connectivity index (χ0n) is 68.1. The Morgan fingerprint density at radius 3 is 1.00 bits per heavy atom. The lowest BCUT2D eigenvalue weighted by Gasteiger charge is -2.28. The van der Waals surface area contributed by atoms with Crippen molar-refractivity contribution in [1.82, 2.24) is 29.1 Å². The van der Waals surface area contributed by atoms with Gasteiger partial charge in [-0.2, -0.15) is 0 Å². The van der Waals surface area contributed by atoms with Crippen molar-refractivity contribution in [2.75, 3.05) is 4.90 Å². The number of benzene rings is 20. The molecular weight excluding hydrogens is 1580 g/mol. The van der Waals surface area contributed by atoms with Crippen molar-refractivity contribution in [3.63, 3.8) is 0 Å². The number of hydrogen-bond donors (Lipinski definition) is 0. The molecule has 0 bridgehead atoms. The molecule has 0 amide bonds. The molecule has 8 heteroatoms. The normalized spacial score (nSPS) is 11.4. The third kappa shape index (κ3) is 14.0. The maximum atomic E-state index is 5.19. The summed E-state index contributed by atoms with van der Waals surface area (Å²) in [6.45, 7) is 0. The Labute approximate surface area is 732 Å². The van der Waals surface area contributed by atoms with Crippen LogP contribution >= 0.6 is 15.9 Å². The van der Waals surface area contributed by atoms with E-state index >= 15 is 0 Å². The Morgan fingerprint density at radius 1 is 0.248 bits per heavy atom. The standard InChI is InChI=1S/C58H38N4.C46H28BrN3.C13H12/c1-4-19-42(20-5-1)61(43-21-6-2-7-22-43)54-35-33-39(36-52(54)58-59-38-41-18-10-17-31-53(41)60-58)45-25-11-12-26-46(45)40-32-34-51-55(37-40)62(44-23-8-3-9-24-44)57-50-30-16-14-28-48(50)47-27-13-15-29-49(47)56(51)57;47-41-25-23-29(26-40(41)46-48-28-31-12-4-11-21-42(31)49-46)33-15-5-6-16-34(33)30-22-24-39-43(27-30)50(32-13-2-1-3-14-32)45-38-20-10-8-18-36(38)35-17-7-9-19-37(35)44(39)45;1-3-7-12(8-4-1)11-13-9-5-2-6-10-13/h1-38H;1-28H;1-10H,11H2. The van der Waals surface area contributed by atoms with E-state index < -0.39 is 0 Å². The van der Waals surface area contributed by atoms with E-state index in [-0.39, 0.29) is 0 Å². The SMILES string of the molecule is Brc1ccc(-c2ccccc2-c2ccc3c4c5ccccc5c5ccccc5c4n(-c4ccccc4)c3c2)cc1-c1ncc2ccccc2n1.c1ccc(Cc2ccccc2)cc1.c1ccc(N(c2ccccc2)c2ccc(-c3ccccc3-c3ccc4c5c6ccccc6c6ccccc6c5n(-c5ccccc5)c4c3)cc2-c2ncc3ccccc3n2)cc1. The van der Waals surface area contributed by atoms with Crippen LogP contribution in [0.5, 0.6) is 0 Å². The summed E-state index contributed by atoms with van der Waals surface area (Å²) < 4.78 is 5.89. The highest BCUT2D eigenvalue weighted by Crippen LogP contribution is 2.49. The lowest BCUT2D eigenvalue weighted by molar-refractivity contribution is 1.19. The zero-order valence-corrected chi connectivity index (χ0v) is 69.7. The lowest BCUT2D eigenvalue weighted by atomic mass is 9.92. The van der Waals surface area contributed by atoms with Crippen molar-refractivity contribution in [2.24, 2.45) is 0 Å². The van der Waals surface area contributed by atoms with E-state index in [1.807, 2.05) is 48.8 Å². The van der Waals surface area contributed by atoms with Crippen molar-refractivity contribution in [3.8, 4) is 78.7 Å².